The molecule has 1 aromatic carbocycles. The summed E-state index contributed by atoms with van der Waals surface area (Å²) in [6, 6.07) is 6.89. The molecule has 4 nitrogen and oxygen atoms in total. The van der Waals surface area contributed by atoms with E-state index in [1.807, 2.05) is 47.6 Å². The SMILES string of the molecule is CC(C)CS(=O)(=O)c1cccc(B2OC(C)(C)C(C)(C)O2)c1. The van der Waals surface area contributed by atoms with Gasteiger partial charge < -0.3 is 9.31 Å². The lowest BCUT2D eigenvalue weighted by molar-refractivity contribution is 0.00578. The molecule has 1 aromatic rings. The molecule has 0 radical (unpaired) electrons. The highest BCUT2D eigenvalue weighted by molar-refractivity contribution is 7.91. The highest BCUT2D eigenvalue weighted by Crippen LogP contribution is 2.36. The third-order valence-corrected chi connectivity index (χ3v) is 6.37. The van der Waals surface area contributed by atoms with Gasteiger partial charge in [0.15, 0.2) is 9.84 Å². The number of hydrogen-bond donors (Lipinski definition) is 0. The van der Waals surface area contributed by atoms with Crippen LogP contribution in [0.1, 0.15) is 41.5 Å². The Labute approximate surface area is 134 Å². The van der Waals surface area contributed by atoms with Crippen LogP contribution in [-0.4, -0.2) is 32.5 Å². The average molecular weight is 324 g/mol. The maximum Gasteiger partial charge on any atom is 0.494 e. The van der Waals surface area contributed by atoms with E-state index in [9.17, 15) is 8.42 Å². The summed E-state index contributed by atoms with van der Waals surface area (Å²) < 4.78 is 36.7. The Balaban J connectivity index is 2.31. The van der Waals surface area contributed by atoms with Crippen molar-refractivity contribution < 1.29 is 17.7 Å². The zero-order valence-electron chi connectivity index (χ0n) is 14.2. The smallest absolute Gasteiger partial charge is 0.399 e. The molecule has 2 rings (SSSR count). The third kappa shape index (κ3) is 3.39. The van der Waals surface area contributed by atoms with Crippen molar-refractivity contribution in [2.24, 2.45) is 5.92 Å². The molecule has 0 aromatic heterocycles. The molecule has 122 valence electrons. The molecule has 1 heterocycles. The van der Waals surface area contributed by atoms with E-state index in [1.54, 1.807) is 18.2 Å². The quantitative estimate of drug-likeness (QED) is 0.798. The number of benzene rings is 1. The molecule has 0 saturated carbocycles. The molecule has 0 bridgehead atoms. The van der Waals surface area contributed by atoms with Crippen LogP contribution in [0.4, 0.5) is 0 Å². The lowest BCUT2D eigenvalue weighted by atomic mass is 9.79. The molecular weight excluding hydrogens is 299 g/mol. The molecule has 0 amide bonds. The fraction of sp³-hybridized carbons (Fsp3) is 0.625. The number of sulfone groups is 1. The second-order valence-corrected chi connectivity index (χ2v) is 9.37. The van der Waals surface area contributed by atoms with Crippen LogP contribution in [-0.2, 0) is 19.1 Å². The van der Waals surface area contributed by atoms with E-state index in [0.717, 1.165) is 5.46 Å². The van der Waals surface area contributed by atoms with Crippen molar-refractivity contribution in [1.29, 1.82) is 0 Å². The zero-order chi connectivity index (χ0) is 16.8. The second-order valence-electron chi connectivity index (χ2n) is 7.34. The van der Waals surface area contributed by atoms with Gasteiger partial charge in [0.1, 0.15) is 0 Å². The van der Waals surface area contributed by atoms with Crippen molar-refractivity contribution in [1.82, 2.24) is 0 Å². The standard InChI is InChI=1S/C16H25BO4S/c1-12(2)11-22(18,19)14-9-7-8-13(10-14)17-20-15(3,4)16(5,6)21-17/h7-10,12H,11H2,1-6H3. The minimum Gasteiger partial charge on any atom is -0.399 e. The Bertz CT molecular complexity index is 634. The summed E-state index contributed by atoms with van der Waals surface area (Å²) >= 11 is 0. The van der Waals surface area contributed by atoms with Crippen molar-refractivity contribution in [3.8, 4) is 0 Å². The Kier molecular flexibility index (Phi) is 4.50. The van der Waals surface area contributed by atoms with E-state index in [-0.39, 0.29) is 11.7 Å². The van der Waals surface area contributed by atoms with Crippen LogP contribution in [0.3, 0.4) is 0 Å². The Morgan fingerprint density at radius 3 is 2.14 bits per heavy atom. The molecule has 1 aliphatic heterocycles. The summed E-state index contributed by atoms with van der Waals surface area (Å²) in [7, 11) is -3.82. The van der Waals surface area contributed by atoms with Gasteiger partial charge in [0.05, 0.1) is 21.9 Å². The van der Waals surface area contributed by atoms with Crippen LogP contribution in [0.15, 0.2) is 29.2 Å². The van der Waals surface area contributed by atoms with Gasteiger partial charge in [-0.05, 0) is 51.2 Å². The minimum absolute atomic E-state index is 0.0884. The first-order valence-electron chi connectivity index (χ1n) is 7.63. The molecule has 1 fully saturated rings. The Hall–Kier alpha value is -0.845. The van der Waals surface area contributed by atoms with Gasteiger partial charge in [0.25, 0.3) is 0 Å². The normalized spacial score (nSPS) is 20.6. The first-order valence-corrected chi connectivity index (χ1v) is 9.28. The van der Waals surface area contributed by atoms with Crippen LogP contribution in [0.5, 0.6) is 0 Å². The van der Waals surface area contributed by atoms with Crippen molar-refractivity contribution in [3.63, 3.8) is 0 Å². The molecule has 0 aliphatic carbocycles. The Morgan fingerprint density at radius 2 is 1.64 bits per heavy atom. The summed E-state index contributed by atoms with van der Waals surface area (Å²) in [5.74, 6) is 0.227. The second kappa shape index (κ2) is 5.66. The molecule has 1 saturated heterocycles. The van der Waals surface area contributed by atoms with E-state index in [1.165, 1.54) is 0 Å². The van der Waals surface area contributed by atoms with Gasteiger partial charge in [-0.1, -0.05) is 26.0 Å². The van der Waals surface area contributed by atoms with E-state index < -0.39 is 28.2 Å². The van der Waals surface area contributed by atoms with Crippen LogP contribution >= 0.6 is 0 Å². The lowest BCUT2D eigenvalue weighted by Crippen LogP contribution is -2.41. The first-order chi connectivity index (χ1) is 9.95. The van der Waals surface area contributed by atoms with Gasteiger partial charge in [-0.15, -0.1) is 0 Å². The lowest BCUT2D eigenvalue weighted by Gasteiger charge is -2.32. The molecule has 0 N–H and O–H groups in total. The molecule has 0 spiro atoms. The summed E-state index contributed by atoms with van der Waals surface area (Å²) in [6.07, 6.45) is 0. The van der Waals surface area contributed by atoms with Gasteiger partial charge >= 0.3 is 7.12 Å². The fourth-order valence-corrected chi connectivity index (χ4v) is 4.04. The van der Waals surface area contributed by atoms with Gasteiger partial charge in [-0.2, -0.15) is 0 Å². The predicted molar refractivity (Wildman–Crippen MR) is 89.0 cm³/mol. The topological polar surface area (TPSA) is 52.6 Å². The van der Waals surface area contributed by atoms with Crippen LogP contribution in [0.2, 0.25) is 0 Å². The largest absolute Gasteiger partial charge is 0.494 e. The Morgan fingerprint density at radius 1 is 1.09 bits per heavy atom. The average Bonchev–Trinajstić information content (AvgIpc) is 2.57. The van der Waals surface area contributed by atoms with E-state index >= 15 is 0 Å². The van der Waals surface area contributed by atoms with Crippen LogP contribution in [0.25, 0.3) is 0 Å². The van der Waals surface area contributed by atoms with Gasteiger partial charge in [0.2, 0.25) is 0 Å². The van der Waals surface area contributed by atoms with E-state index in [0.29, 0.717) is 4.90 Å². The van der Waals surface area contributed by atoms with Gasteiger partial charge in [-0.3, -0.25) is 0 Å². The summed E-state index contributed by atoms with van der Waals surface area (Å²) in [5, 5.41) is 0. The number of rotatable bonds is 4. The van der Waals surface area contributed by atoms with Crippen molar-refractivity contribution in [2.45, 2.75) is 57.6 Å². The van der Waals surface area contributed by atoms with E-state index in [4.69, 9.17) is 9.31 Å². The minimum atomic E-state index is -3.28. The molecule has 0 unspecified atom stereocenters. The molecule has 6 heteroatoms. The van der Waals surface area contributed by atoms with Gasteiger partial charge in [0, 0.05) is 0 Å². The third-order valence-electron chi connectivity index (χ3n) is 4.30. The fourth-order valence-electron chi connectivity index (χ4n) is 2.37. The molecule has 22 heavy (non-hydrogen) atoms. The molecule has 1 aliphatic rings. The van der Waals surface area contributed by atoms with Crippen LogP contribution < -0.4 is 5.46 Å². The first kappa shape index (κ1) is 17.5. The van der Waals surface area contributed by atoms with Crippen molar-refractivity contribution in [3.05, 3.63) is 24.3 Å². The van der Waals surface area contributed by atoms with E-state index in [2.05, 4.69) is 0 Å². The molecular formula is C16H25BO4S. The van der Waals surface area contributed by atoms with Crippen molar-refractivity contribution >= 4 is 22.4 Å². The predicted octanol–water partition coefficient (Wildman–Crippen LogP) is 2.42. The van der Waals surface area contributed by atoms with Crippen molar-refractivity contribution in [2.75, 3.05) is 5.75 Å². The van der Waals surface area contributed by atoms with Gasteiger partial charge in [-0.25, -0.2) is 8.42 Å². The number of hydrogen-bond acceptors (Lipinski definition) is 4. The monoisotopic (exact) mass is 324 g/mol. The molecule has 0 atom stereocenters. The zero-order valence-corrected chi connectivity index (χ0v) is 15.0. The highest BCUT2D eigenvalue weighted by Gasteiger charge is 2.51. The summed E-state index contributed by atoms with van der Waals surface area (Å²) in [4.78, 5) is 0.327. The van der Waals surface area contributed by atoms with Crippen LogP contribution in [0, 0.1) is 5.92 Å². The summed E-state index contributed by atoms with van der Waals surface area (Å²) in [5.41, 5.74) is -0.141. The maximum absolute atomic E-state index is 12.4. The highest BCUT2D eigenvalue weighted by atomic mass is 32.2. The maximum atomic E-state index is 12.4. The summed E-state index contributed by atoms with van der Waals surface area (Å²) in [6.45, 7) is 11.7.